The summed E-state index contributed by atoms with van der Waals surface area (Å²) in [6.45, 7) is -0.256. The van der Waals surface area contributed by atoms with Crippen LogP contribution in [0.3, 0.4) is 0 Å². The zero-order chi connectivity index (χ0) is 23.0. The first-order chi connectivity index (χ1) is 14.4. The Labute approximate surface area is 181 Å². The minimum atomic E-state index is -4.62. The minimum absolute atomic E-state index is 0.0196. The van der Waals surface area contributed by atoms with E-state index in [-0.39, 0.29) is 34.5 Å². The summed E-state index contributed by atoms with van der Waals surface area (Å²) < 4.78 is 76.4. The summed E-state index contributed by atoms with van der Waals surface area (Å²) >= 11 is 11.8. The number of nitrogens with zero attached hydrogens (tertiary/aromatic N) is 3. The smallest absolute Gasteiger partial charge is 0.349 e. The third-order valence-corrected chi connectivity index (χ3v) is 4.94. The molecule has 3 heterocycles. The van der Waals surface area contributed by atoms with Crippen molar-refractivity contribution in [2.24, 2.45) is 0 Å². The molecule has 1 atom stereocenters. The van der Waals surface area contributed by atoms with Gasteiger partial charge in [-0.3, -0.25) is 9.78 Å². The lowest BCUT2D eigenvalue weighted by Crippen LogP contribution is -2.42. The molecule has 0 radical (unpaired) electrons. The predicted octanol–water partition coefficient (Wildman–Crippen LogP) is 5.23. The summed E-state index contributed by atoms with van der Waals surface area (Å²) in [5.41, 5.74) is -2.04. The van der Waals surface area contributed by atoms with Gasteiger partial charge in [0.25, 0.3) is 0 Å². The van der Waals surface area contributed by atoms with Crippen molar-refractivity contribution in [1.82, 2.24) is 15.3 Å². The van der Waals surface area contributed by atoms with E-state index in [2.05, 4.69) is 15.3 Å². The lowest BCUT2D eigenvalue weighted by Gasteiger charge is -2.25. The molecule has 1 aliphatic heterocycles. The molecule has 31 heavy (non-hydrogen) atoms. The van der Waals surface area contributed by atoms with E-state index in [0.29, 0.717) is 24.5 Å². The Morgan fingerprint density at radius 1 is 1.03 bits per heavy atom. The van der Waals surface area contributed by atoms with Crippen molar-refractivity contribution in [1.29, 1.82) is 0 Å². The Balaban J connectivity index is 1.71. The number of pyridine rings is 2. The van der Waals surface area contributed by atoms with Gasteiger partial charge in [0.15, 0.2) is 5.82 Å². The van der Waals surface area contributed by atoms with E-state index in [4.69, 9.17) is 23.2 Å². The zero-order valence-electron chi connectivity index (χ0n) is 15.2. The molecule has 0 spiro atoms. The van der Waals surface area contributed by atoms with Crippen molar-refractivity contribution < 1.29 is 31.1 Å². The normalized spacial score (nSPS) is 16.6. The Kier molecular flexibility index (Phi) is 6.38. The summed E-state index contributed by atoms with van der Waals surface area (Å²) in [5, 5.41) is 1.92. The molecule has 0 fully saturated rings. The predicted molar refractivity (Wildman–Crippen MR) is 100 cm³/mol. The molecule has 0 aliphatic carbocycles. The fraction of sp³-hybridized carbons (Fsp3) is 0.278. The lowest BCUT2D eigenvalue weighted by atomic mass is 10.2. The molecule has 2 aromatic rings. The van der Waals surface area contributed by atoms with Crippen molar-refractivity contribution in [3.05, 3.63) is 63.7 Å². The van der Waals surface area contributed by atoms with Crippen LogP contribution < -0.4 is 10.2 Å². The average molecular weight is 485 g/mol. The molecule has 0 saturated carbocycles. The van der Waals surface area contributed by atoms with Crippen molar-refractivity contribution >= 4 is 34.9 Å². The monoisotopic (exact) mass is 484 g/mol. The Morgan fingerprint density at radius 3 is 2.16 bits per heavy atom. The third kappa shape index (κ3) is 5.21. The fourth-order valence-corrected chi connectivity index (χ4v) is 3.29. The van der Waals surface area contributed by atoms with E-state index in [0.717, 1.165) is 0 Å². The third-order valence-electron chi connectivity index (χ3n) is 4.33. The summed E-state index contributed by atoms with van der Waals surface area (Å²) in [6.07, 6.45) is -4.77. The standard InChI is InChI=1S/C18H12Cl2F6N4O/c19-11-4-9(17(21,22)23)6-27-13(11)8-29-16(31)14-2-1-3-30(14)15-12(20)5-10(7-28-15)18(24,25)26/h1,3-7,14H,2,8H2,(H,29,31). The molecule has 1 unspecified atom stereocenters. The van der Waals surface area contributed by atoms with Gasteiger partial charge in [0.2, 0.25) is 5.91 Å². The molecule has 166 valence electrons. The van der Waals surface area contributed by atoms with E-state index < -0.39 is 35.4 Å². The van der Waals surface area contributed by atoms with Crippen LogP contribution in [0.15, 0.2) is 36.8 Å². The first kappa shape index (κ1) is 23.1. The average Bonchev–Trinajstić information content (AvgIpc) is 3.14. The highest BCUT2D eigenvalue weighted by molar-refractivity contribution is 6.33. The highest BCUT2D eigenvalue weighted by atomic mass is 35.5. The van der Waals surface area contributed by atoms with E-state index in [1.54, 1.807) is 6.08 Å². The number of nitrogens with one attached hydrogen (secondary N) is 1. The molecular weight excluding hydrogens is 473 g/mol. The van der Waals surface area contributed by atoms with Gasteiger partial charge in [-0.2, -0.15) is 26.3 Å². The number of carbonyl (C=O) groups excluding carboxylic acids is 1. The number of carbonyl (C=O) groups is 1. The van der Waals surface area contributed by atoms with Crippen LogP contribution in [0, 0.1) is 0 Å². The number of alkyl halides is 6. The van der Waals surface area contributed by atoms with Gasteiger partial charge in [0.05, 0.1) is 33.4 Å². The van der Waals surface area contributed by atoms with Gasteiger partial charge in [-0.25, -0.2) is 4.98 Å². The highest BCUT2D eigenvalue weighted by Gasteiger charge is 2.35. The maximum Gasteiger partial charge on any atom is 0.417 e. The molecule has 5 nitrogen and oxygen atoms in total. The number of hydrogen-bond donors (Lipinski definition) is 1. The van der Waals surface area contributed by atoms with Gasteiger partial charge in [0, 0.05) is 18.6 Å². The van der Waals surface area contributed by atoms with Crippen LogP contribution in [0.4, 0.5) is 32.2 Å². The largest absolute Gasteiger partial charge is 0.417 e. The molecule has 0 bridgehead atoms. The Morgan fingerprint density at radius 2 is 1.61 bits per heavy atom. The van der Waals surface area contributed by atoms with Gasteiger partial charge < -0.3 is 10.2 Å². The molecule has 0 saturated heterocycles. The Bertz CT molecular complexity index is 1030. The van der Waals surface area contributed by atoms with Crippen LogP contribution in [0.2, 0.25) is 10.0 Å². The number of rotatable bonds is 4. The second-order valence-corrected chi connectivity index (χ2v) is 7.25. The van der Waals surface area contributed by atoms with Crippen molar-refractivity contribution in [2.75, 3.05) is 4.90 Å². The molecule has 1 N–H and O–H groups in total. The summed E-state index contributed by atoms with van der Waals surface area (Å²) in [5.74, 6) is -0.616. The summed E-state index contributed by atoms with van der Waals surface area (Å²) in [6, 6.07) is 0.525. The van der Waals surface area contributed by atoms with Gasteiger partial charge in [-0.15, -0.1) is 0 Å². The zero-order valence-corrected chi connectivity index (χ0v) is 16.7. The fourth-order valence-electron chi connectivity index (χ4n) is 2.79. The maximum atomic E-state index is 12.8. The van der Waals surface area contributed by atoms with Crippen LogP contribution in [-0.2, 0) is 23.7 Å². The van der Waals surface area contributed by atoms with Crippen molar-refractivity contribution in [2.45, 2.75) is 31.4 Å². The molecule has 1 amide bonds. The summed E-state index contributed by atoms with van der Waals surface area (Å²) in [4.78, 5) is 21.2. The SMILES string of the molecule is O=C(NCc1ncc(C(F)(F)F)cc1Cl)C1CC=CN1c1ncc(C(F)(F)F)cc1Cl. The maximum absolute atomic E-state index is 12.8. The van der Waals surface area contributed by atoms with E-state index in [1.165, 1.54) is 11.1 Å². The number of amides is 1. The van der Waals surface area contributed by atoms with Crippen LogP contribution in [-0.4, -0.2) is 21.9 Å². The topological polar surface area (TPSA) is 58.1 Å². The molecule has 3 rings (SSSR count). The molecule has 13 heteroatoms. The van der Waals surface area contributed by atoms with Crippen LogP contribution in [0.5, 0.6) is 0 Å². The van der Waals surface area contributed by atoms with E-state index in [1.807, 2.05) is 0 Å². The van der Waals surface area contributed by atoms with Crippen LogP contribution in [0.1, 0.15) is 23.2 Å². The molecular formula is C18H12Cl2F6N4O. The van der Waals surface area contributed by atoms with Gasteiger partial charge in [0.1, 0.15) is 6.04 Å². The van der Waals surface area contributed by atoms with E-state index >= 15 is 0 Å². The Hall–Kier alpha value is -2.53. The second kappa shape index (κ2) is 8.54. The van der Waals surface area contributed by atoms with Crippen LogP contribution >= 0.6 is 23.2 Å². The quantitative estimate of drug-likeness (QED) is 0.603. The lowest BCUT2D eigenvalue weighted by molar-refractivity contribution is -0.138. The first-order valence-electron chi connectivity index (χ1n) is 8.55. The number of hydrogen-bond acceptors (Lipinski definition) is 4. The molecule has 2 aromatic heterocycles. The molecule has 0 aromatic carbocycles. The van der Waals surface area contributed by atoms with Crippen LogP contribution in [0.25, 0.3) is 0 Å². The van der Waals surface area contributed by atoms with Crippen molar-refractivity contribution in [3.63, 3.8) is 0 Å². The molecule has 1 aliphatic rings. The van der Waals surface area contributed by atoms with Gasteiger partial charge in [-0.05, 0) is 18.6 Å². The van der Waals surface area contributed by atoms with Crippen molar-refractivity contribution in [3.8, 4) is 0 Å². The second-order valence-electron chi connectivity index (χ2n) is 6.44. The number of aromatic nitrogens is 2. The number of anilines is 1. The number of halogens is 8. The summed E-state index contributed by atoms with van der Waals surface area (Å²) in [7, 11) is 0. The highest BCUT2D eigenvalue weighted by Crippen LogP contribution is 2.35. The van der Waals surface area contributed by atoms with E-state index in [9.17, 15) is 31.1 Å². The first-order valence-corrected chi connectivity index (χ1v) is 9.30. The van der Waals surface area contributed by atoms with Gasteiger partial charge in [-0.1, -0.05) is 29.3 Å². The van der Waals surface area contributed by atoms with Gasteiger partial charge >= 0.3 is 12.4 Å². The minimum Gasteiger partial charge on any atom is -0.349 e.